The Kier molecular flexibility index (Phi) is 6.70. The molecule has 0 aliphatic carbocycles. The monoisotopic (exact) mass is 409 g/mol. The van der Waals surface area contributed by atoms with Gasteiger partial charge in [-0.2, -0.15) is 0 Å². The average Bonchev–Trinajstić information content (AvgIpc) is 2.74. The van der Waals surface area contributed by atoms with E-state index in [0.29, 0.717) is 17.1 Å². The second-order valence-corrected chi connectivity index (χ2v) is 7.07. The number of para-hydroxylation sites is 1. The number of nitro benzene ring substituents is 1. The van der Waals surface area contributed by atoms with E-state index in [4.69, 9.17) is 4.74 Å². The molecule has 3 rings (SSSR count). The van der Waals surface area contributed by atoms with Gasteiger partial charge in [-0.15, -0.1) is 0 Å². The van der Waals surface area contributed by atoms with Gasteiger partial charge in [0.05, 0.1) is 30.0 Å². The minimum absolute atomic E-state index is 0.0676. The Bertz CT molecular complexity index is 1010. The molecule has 3 aromatic rings. The molecule has 0 unspecified atom stereocenters. The van der Waals surface area contributed by atoms with Gasteiger partial charge in [-0.05, 0) is 30.3 Å². The third kappa shape index (κ3) is 5.49. The van der Waals surface area contributed by atoms with Crippen LogP contribution in [0.5, 0.6) is 5.75 Å². The van der Waals surface area contributed by atoms with Gasteiger partial charge in [-0.3, -0.25) is 14.9 Å². The third-order valence-corrected chi connectivity index (χ3v) is 5.05. The normalized spacial score (nSPS) is 10.2. The van der Waals surface area contributed by atoms with Crippen LogP contribution in [0.15, 0.2) is 82.6 Å². The van der Waals surface area contributed by atoms with E-state index in [0.717, 1.165) is 9.79 Å². The van der Waals surface area contributed by atoms with Crippen molar-refractivity contribution in [2.75, 3.05) is 24.3 Å². The Morgan fingerprint density at radius 2 is 1.76 bits per heavy atom. The Morgan fingerprint density at radius 3 is 2.48 bits per heavy atom. The number of rotatable bonds is 8. The molecule has 0 fully saturated rings. The summed E-state index contributed by atoms with van der Waals surface area (Å²) in [5.41, 5.74) is 0.987. The Morgan fingerprint density at radius 1 is 1.03 bits per heavy atom. The quantitative estimate of drug-likeness (QED) is 0.410. The molecule has 148 valence electrons. The number of ether oxygens (including phenoxy) is 1. The molecule has 3 aromatic carbocycles. The zero-order chi connectivity index (χ0) is 20.6. The van der Waals surface area contributed by atoms with Gasteiger partial charge >= 0.3 is 0 Å². The van der Waals surface area contributed by atoms with Crippen LogP contribution in [0.1, 0.15) is 0 Å². The lowest BCUT2D eigenvalue weighted by molar-refractivity contribution is -0.384. The summed E-state index contributed by atoms with van der Waals surface area (Å²) < 4.78 is 5.20. The number of hydrogen-bond acceptors (Lipinski definition) is 6. The fourth-order valence-electron chi connectivity index (χ4n) is 2.59. The van der Waals surface area contributed by atoms with Crippen molar-refractivity contribution >= 4 is 34.7 Å². The number of nitro groups is 1. The summed E-state index contributed by atoms with van der Waals surface area (Å²) in [4.78, 5) is 24.9. The van der Waals surface area contributed by atoms with Gasteiger partial charge in [0.1, 0.15) is 5.75 Å². The summed E-state index contributed by atoms with van der Waals surface area (Å²) in [5, 5.41) is 16.8. The molecule has 0 saturated heterocycles. The highest BCUT2D eigenvalue weighted by atomic mass is 32.2. The van der Waals surface area contributed by atoms with Crippen molar-refractivity contribution in [2.24, 2.45) is 0 Å². The minimum Gasteiger partial charge on any atom is -0.495 e. The van der Waals surface area contributed by atoms with Gasteiger partial charge in [0.15, 0.2) is 0 Å². The first-order chi connectivity index (χ1) is 14.1. The predicted octanol–water partition coefficient (Wildman–Crippen LogP) is 4.81. The van der Waals surface area contributed by atoms with E-state index in [1.807, 2.05) is 54.6 Å². The van der Waals surface area contributed by atoms with Gasteiger partial charge in [0.2, 0.25) is 5.91 Å². The van der Waals surface area contributed by atoms with Crippen LogP contribution >= 0.6 is 11.8 Å². The van der Waals surface area contributed by atoms with Crippen molar-refractivity contribution in [1.29, 1.82) is 0 Å². The summed E-state index contributed by atoms with van der Waals surface area (Å²) in [6, 6.07) is 21.6. The maximum atomic E-state index is 12.5. The maximum absolute atomic E-state index is 12.5. The van der Waals surface area contributed by atoms with Crippen LogP contribution in [-0.4, -0.2) is 24.5 Å². The largest absolute Gasteiger partial charge is 0.495 e. The van der Waals surface area contributed by atoms with Gasteiger partial charge in [0, 0.05) is 21.9 Å². The molecule has 7 nitrogen and oxygen atoms in total. The van der Waals surface area contributed by atoms with Crippen LogP contribution < -0.4 is 15.4 Å². The fourth-order valence-corrected chi connectivity index (χ4v) is 3.51. The number of nitrogens with one attached hydrogen (secondary N) is 2. The van der Waals surface area contributed by atoms with Gasteiger partial charge in [0.25, 0.3) is 5.69 Å². The molecule has 0 aromatic heterocycles. The molecule has 29 heavy (non-hydrogen) atoms. The molecular formula is C21H19N3O4S. The van der Waals surface area contributed by atoms with E-state index >= 15 is 0 Å². The number of hydrogen-bond donors (Lipinski definition) is 2. The van der Waals surface area contributed by atoms with E-state index in [1.54, 1.807) is 11.8 Å². The SMILES string of the molecule is COc1ccc([N+](=O)[O-])cc1NCC(=O)Nc1ccccc1Sc1ccccc1. The topological polar surface area (TPSA) is 93.5 Å². The first kappa shape index (κ1) is 20.2. The zero-order valence-corrected chi connectivity index (χ0v) is 16.4. The van der Waals surface area contributed by atoms with Crippen molar-refractivity contribution in [1.82, 2.24) is 0 Å². The van der Waals surface area contributed by atoms with E-state index in [2.05, 4.69) is 10.6 Å². The molecule has 8 heteroatoms. The van der Waals surface area contributed by atoms with Crippen LogP contribution in [0.25, 0.3) is 0 Å². The smallest absolute Gasteiger partial charge is 0.271 e. The fraction of sp³-hybridized carbons (Fsp3) is 0.0952. The summed E-state index contributed by atoms with van der Waals surface area (Å²) in [7, 11) is 1.46. The number of carbonyl (C=O) groups excluding carboxylic acids is 1. The van der Waals surface area contributed by atoms with Crippen molar-refractivity contribution in [2.45, 2.75) is 9.79 Å². The molecule has 1 amide bonds. The maximum Gasteiger partial charge on any atom is 0.271 e. The van der Waals surface area contributed by atoms with Crippen LogP contribution in [0.3, 0.4) is 0 Å². The van der Waals surface area contributed by atoms with Crippen LogP contribution in [0.2, 0.25) is 0 Å². The van der Waals surface area contributed by atoms with Crippen molar-refractivity contribution in [3.8, 4) is 5.75 Å². The predicted molar refractivity (Wildman–Crippen MR) is 114 cm³/mol. The van der Waals surface area contributed by atoms with Gasteiger partial charge < -0.3 is 15.4 Å². The summed E-state index contributed by atoms with van der Waals surface area (Å²) in [5.74, 6) is 0.142. The average molecular weight is 409 g/mol. The number of anilines is 2. The Labute approximate surface area is 172 Å². The van der Waals surface area contributed by atoms with Gasteiger partial charge in [-0.25, -0.2) is 0 Å². The van der Waals surface area contributed by atoms with E-state index in [9.17, 15) is 14.9 Å². The lowest BCUT2D eigenvalue weighted by atomic mass is 10.2. The number of non-ortho nitro benzene ring substituents is 1. The second kappa shape index (κ2) is 9.61. The van der Waals surface area contributed by atoms with Crippen LogP contribution in [0, 0.1) is 10.1 Å². The Hall–Kier alpha value is -3.52. The molecule has 0 radical (unpaired) electrons. The molecular weight excluding hydrogens is 390 g/mol. The van der Waals surface area contributed by atoms with E-state index in [-0.39, 0.29) is 18.1 Å². The molecule has 0 saturated carbocycles. The summed E-state index contributed by atoms with van der Waals surface area (Å²) >= 11 is 1.55. The lowest BCUT2D eigenvalue weighted by Gasteiger charge is -2.13. The standard InChI is InChI=1S/C21H19N3O4S/c1-28-19-12-11-15(24(26)27)13-18(19)22-14-21(25)23-17-9-5-6-10-20(17)29-16-7-3-2-4-8-16/h2-13,22H,14H2,1H3,(H,23,25). The number of benzene rings is 3. The first-order valence-corrected chi connectivity index (χ1v) is 9.56. The minimum atomic E-state index is -0.498. The lowest BCUT2D eigenvalue weighted by Crippen LogP contribution is -2.22. The van der Waals surface area contributed by atoms with Crippen molar-refractivity contribution in [3.05, 3.63) is 82.9 Å². The van der Waals surface area contributed by atoms with E-state index < -0.39 is 4.92 Å². The number of amides is 1. The number of methoxy groups -OCH3 is 1. The molecule has 0 aliphatic rings. The number of carbonyl (C=O) groups is 1. The third-order valence-electron chi connectivity index (χ3n) is 3.97. The molecule has 0 aliphatic heterocycles. The van der Waals surface area contributed by atoms with Gasteiger partial charge in [-0.1, -0.05) is 42.1 Å². The molecule has 2 N–H and O–H groups in total. The molecule has 0 bridgehead atoms. The van der Waals surface area contributed by atoms with Crippen molar-refractivity contribution < 1.29 is 14.5 Å². The highest BCUT2D eigenvalue weighted by Gasteiger charge is 2.13. The second-order valence-electron chi connectivity index (χ2n) is 5.95. The first-order valence-electron chi connectivity index (χ1n) is 8.75. The number of nitrogens with zero attached hydrogens (tertiary/aromatic N) is 1. The Balaban J connectivity index is 1.68. The van der Waals surface area contributed by atoms with E-state index in [1.165, 1.54) is 25.3 Å². The molecule has 0 heterocycles. The zero-order valence-electron chi connectivity index (χ0n) is 15.6. The molecule has 0 atom stereocenters. The van der Waals surface area contributed by atoms with Crippen molar-refractivity contribution in [3.63, 3.8) is 0 Å². The summed E-state index contributed by atoms with van der Waals surface area (Å²) in [6.45, 7) is -0.0676. The molecule has 0 spiro atoms. The highest BCUT2D eigenvalue weighted by Crippen LogP contribution is 2.33. The van der Waals surface area contributed by atoms with Crippen LogP contribution in [0.4, 0.5) is 17.1 Å². The van der Waals surface area contributed by atoms with Crippen LogP contribution in [-0.2, 0) is 4.79 Å². The highest BCUT2D eigenvalue weighted by molar-refractivity contribution is 7.99. The summed E-state index contributed by atoms with van der Waals surface area (Å²) in [6.07, 6.45) is 0.